The van der Waals surface area contributed by atoms with Crippen molar-refractivity contribution in [3.05, 3.63) is 0 Å². The summed E-state index contributed by atoms with van der Waals surface area (Å²) in [6.07, 6.45) is -4.70. The summed E-state index contributed by atoms with van der Waals surface area (Å²) in [5, 5.41) is 40.9. The summed E-state index contributed by atoms with van der Waals surface area (Å²) in [5.41, 5.74) is 5.67. The zero-order chi connectivity index (χ0) is 17.6. The average molecular weight is 352 g/mol. The fourth-order valence-corrected chi connectivity index (χ4v) is 2.70. The minimum Gasteiger partial charge on any atom is -0.479 e. The lowest BCUT2D eigenvalue weighted by Gasteiger charge is -2.37. The number of aliphatic hydroxyl groups is 3. The first-order chi connectivity index (χ1) is 10.8. The average Bonchev–Trinajstić information content (AvgIpc) is 2.51. The van der Waals surface area contributed by atoms with Crippen LogP contribution in [-0.4, -0.2) is 87.4 Å². The summed E-state index contributed by atoms with van der Waals surface area (Å²) in [5.74, 6) is -1.04. The summed E-state index contributed by atoms with van der Waals surface area (Å²) >= 11 is 1.55. The molecule has 0 radical (unpaired) electrons. The molecule has 0 aromatic rings. The predicted octanol–water partition coefficient (Wildman–Crippen LogP) is -2.49. The Morgan fingerprint density at radius 3 is 2.65 bits per heavy atom. The first kappa shape index (κ1) is 20.1. The molecule has 0 aromatic heterocycles. The van der Waals surface area contributed by atoms with Gasteiger partial charge >= 0.3 is 5.97 Å². The molecule has 1 saturated heterocycles. The molecule has 23 heavy (non-hydrogen) atoms. The van der Waals surface area contributed by atoms with E-state index in [1.54, 1.807) is 11.8 Å². The zero-order valence-corrected chi connectivity index (χ0v) is 13.6. The van der Waals surface area contributed by atoms with Crippen LogP contribution in [0, 0.1) is 0 Å². The lowest BCUT2D eigenvalue weighted by Crippen LogP contribution is -2.57. The first-order valence-electron chi connectivity index (χ1n) is 7.22. The number of hydrogen-bond acceptors (Lipinski definition) is 8. The number of rotatable bonds is 8. The van der Waals surface area contributed by atoms with Gasteiger partial charge in [-0.25, -0.2) is 4.79 Å². The van der Waals surface area contributed by atoms with Crippen LogP contribution in [0.4, 0.5) is 0 Å². The van der Waals surface area contributed by atoms with E-state index in [9.17, 15) is 24.9 Å². The number of hydrogen-bond donors (Lipinski definition) is 6. The van der Waals surface area contributed by atoms with Crippen molar-refractivity contribution < 1.29 is 34.8 Å². The van der Waals surface area contributed by atoms with Crippen LogP contribution in [0.1, 0.15) is 12.8 Å². The Bertz CT molecular complexity index is 412. The zero-order valence-electron chi connectivity index (χ0n) is 12.8. The lowest BCUT2D eigenvalue weighted by atomic mass is 9.94. The molecule has 6 unspecified atom stereocenters. The highest BCUT2D eigenvalue weighted by Crippen LogP contribution is 2.23. The highest BCUT2D eigenvalue weighted by atomic mass is 32.2. The molecule has 1 amide bonds. The Morgan fingerprint density at radius 1 is 1.43 bits per heavy atom. The molecular weight excluding hydrogens is 328 g/mol. The van der Waals surface area contributed by atoms with Gasteiger partial charge in [-0.2, -0.15) is 11.8 Å². The van der Waals surface area contributed by atoms with E-state index in [-0.39, 0.29) is 13.0 Å². The van der Waals surface area contributed by atoms with E-state index in [2.05, 4.69) is 5.32 Å². The molecule has 0 aromatic carbocycles. The van der Waals surface area contributed by atoms with Gasteiger partial charge in [-0.15, -0.1) is 0 Å². The van der Waals surface area contributed by atoms with Gasteiger partial charge in [-0.3, -0.25) is 4.79 Å². The number of carbonyl (C=O) groups excluding carboxylic acids is 1. The summed E-state index contributed by atoms with van der Waals surface area (Å²) in [6, 6.07) is -0.718. The second kappa shape index (κ2) is 9.40. The number of aliphatic hydroxyl groups excluding tert-OH is 3. The van der Waals surface area contributed by atoms with Crippen molar-refractivity contribution in [1.82, 2.24) is 5.32 Å². The Morgan fingerprint density at radius 2 is 2.09 bits per heavy atom. The van der Waals surface area contributed by atoms with Crippen molar-refractivity contribution in [1.29, 1.82) is 0 Å². The van der Waals surface area contributed by atoms with Gasteiger partial charge in [0.1, 0.15) is 18.3 Å². The number of carboxylic acids is 1. The lowest BCUT2D eigenvalue weighted by molar-refractivity contribution is -0.208. The fraction of sp³-hybridized carbons (Fsp3) is 0.846. The minimum absolute atomic E-state index is 0.271. The van der Waals surface area contributed by atoms with Crippen LogP contribution in [0.25, 0.3) is 0 Å². The number of amides is 1. The van der Waals surface area contributed by atoms with Gasteiger partial charge < -0.3 is 36.2 Å². The molecule has 134 valence electrons. The molecule has 9 nitrogen and oxygen atoms in total. The molecule has 0 bridgehead atoms. The molecular formula is C13H24N2O7S. The molecule has 0 aliphatic carbocycles. The van der Waals surface area contributed by atoms with Crippen molar-refractivity contribution in [3.8, 4) is 0 Å². The first-order valence-corrected chi connectivity index (χ1v) is 8.62. The second-order valence-electron chi connectivity index (χ2n) is 5.42. The molecule has 1 aliphatic rings. The highest BCUT2D eigenvalue weighted by molar-refractivity contribution is 7.98. The van der Waals surface area contributed by atoms with Crippen molar-refractivity contribution >= 4 is 23.6 Å². The smallest absolute Gasteiger partial charge is 0.332 e. The van der Waals surface area contributed by atoms with E-state index in [1.807, 2.05) is 6.26 Å². The van der Waals surface area contributed by atoms with E-state index in [0.717, 1.165) is 0 Å². The molecule has 6 atom stereocenters. The van der Waals surface area contributed by atoms with E-state index in [1.165, 1.54) is 0 Å². The Hall–Kier alpha value is -0.910. The molecule has 1 aliphatic heterocycles. The molecule has 1 rings (SSSR count). The Kier molecular flexibility index (Phi) is 8.23. The van der Waals surface area contributed by atoms with Gasteiger partial charge in [0, 0.05) is 13.0 Å². The number of nitrogens with one attached hydrogen (secondary N) is 1. The number of nitrogens with two attached hydrogens (primary N) is 1. The van der Waals surface area contributed by atoms with E-state index < -0.39 is 48.4 Å². The van der Waals surface area contributed by atoms with E-state index in [4.69, 9.17) is 15.6 Å². The van der Waals surface area contributed by atoms with Crippen LogP contribution >= 0.6 is 11.8 Å². The fourth-order valence-electron chi connectivity index (χ4n) is 2.21. The third-order valence-corrected chi connectivity index (χ3v) is 4.26. The number of thioether (sulfide) groups is 1. The van der Waals surface area contributed by atoms with E-state index >= 15 is 0 Å². The number of aliphatic carboxylic acids is 1. The predicted molar refractivity (Wildman–Crippen MR) is 82.9 cm³/mol. The van der Waals surface area contributed by atoms with Gasteiger partial charge in [0.25, 0.3) is 0 Å². The van der Waals surface area contributed by atoms with Gasteiger partial charge in [0.05, 0.1) is 12.1 Å². The molecule has 1 fully saturated rings. The number of carbonyl (C=O) groups is 2. The van der Waals surface area contributed by atoms with Gasteiger partial charge in [0.15, 0.2) is 6.10 Å². The van der Waals surface area contributed by atoms with Crippen molar-refractivity contribution in [2.75, 3.05) is 18.6 Å². The van der Waals surface area contributed by atoms with Gasteiger partial charge in [-0.1, -0.05) is 0 Å². The summed E-state index contributed by atoms with van der Waals surface area (Å²) in [7, 11) is 0. The third kappa shape index (κ3) is 5.90. The van der Waals surface area contributed by atoms with Crippen LogP contribution in [0.2, 0.25) is 0 Å². The third-order valence-electron chi connectivity index (χ3n) is 3.62. The van der Waals surface area contributed by atoms with Crippen LogP contribution in [0.5, 0.6) is 0 Å². The van der Waals surface area contributed by atoms with Crippen molar-refractivity contribution in [3.63, 3.8) is 0 Å². The minimum atomic E-state index is -1.44. The van der Waals surface area contributed by atoms with E-state index in [0.29, 0.717) is 12.2 Å². The van der Waals surface area contributed by atoms with Crippen molar-refractivity contribution in [2.45, 2.75) is 49.4 Å². The van der Waals surface area contributed by atoms with Crippen LogP contribution < -0.4 is 11.1 Å². The van der Waals surface area contributed by atoms with Crippen LogP contribution in [0.15, 0.2) is 0 Å². The Labute approximate surface area is 138 Å². The quantitative estimate of drug-likeness (QED) is 0.277. The highest BCUT2D eigenvalue weighted by Gasteiger charge is 2.43. The molecule has 7 N–H and O–H groups in total. The topological polar surface area (TPSA) is 162 Å². The molecule has 10 heteroatoms. The summed E-state index contributed by atoms with van der Waals surface area (Å²) < 4.78 is 5.10. The monoisotopic (exact) mass is 352 g/mol. The summed E-state index contributed by atoms with van der Waals surface area (Å²) in [4.78, 5) is 22.7. The van der Waals surface area contributed by atoms with Crippen LogP contribution in [-0.2, 0) is 14.3 Å². The van der Waals surface area contributed by atoms with Crippen molar-refractivity contribution in [2.24, 2.45) is 5.73 Å². The molecule has 0 saturated carbocycles. The largest absolute Gasteiger partial charge is 0.479 e. The van der Waals surface area contributed by atoms with Crippen LogP contribution in [0.3, 0.4) is 0 Å². The van der Waals surface area contributed by atoms with Gasteiger partial charge in [0.2, 0.25) is 5.91 Å². The molecule has 0 spiro atoms. The standard InChI is InChI=1S/C13H24N2O7S/c1-23-3-2-6(14)12(19)15-5-8(17)11-10(18)7(16)4-9(22-11)13(20)21/h6-11,16-18H,2-5,14H2,1H3,(H,15,19)(H,20,21). The number of carboxylic acid groups (broad SMARTS) is 1. The maximum atomic E-state index is 11.8. The van der Waals surface area contributed by atoms with Gasteiger partial charge in [-0.05, 0) is 18.4 Å². The normalized spacial score (nSPS) is 30.5. The maximum absolute atomic E-state index is 11.8. The SMILES string of the molecule is CSCCC(N)C(=O)NCC(O)C1OC(C(=O)O)CC(O)C1O. The Balaban J connectivity index is 2.53. The molecule has 1 heterocycles. The number of ether oxygens (including phenoxy) is 1. The maximum Gasteiger partial charge on any atom is 0.332 e. The summed E-state index contributed by atoms with van der Waals surface area (Å²) in [6.45, 7) is -0.271. The second-order valence-corrected chi connectivity index (χ2v) is 6.41.